The molecule has 1 spiro atoms. The fourth-order valence-corrected chi connectivity index (χ4v) is 4.33. The van der Waals surface area contributed by atoms with Crippen LogP contribution in [0.4, 0.5) is 0 Å². The van der Waals surface area contributed by atoms with Crippen LogP contribution >= 0.6 is 0 Å². The molecule has 0 aliphatic carbocycles. The summed E-state index contributed by atoms with van der Waals surface area (Å²) in [5.41, 5.74) is 1.16. The van der Waals surface area contributed by atoms with Gasteiger partial charge in [-0.15, -0.1) is 0 Å². The summed E-state index contributed by atoms with van der Waals surface area (Å²) in [6.45, 7) is 12.5. The molecule has 2 heterocycles. The Labute approximate surface area is 139 Å². The summed E-state index contributed by atoms with van der Waals surface area (Å²) >= 11 is 0. The summed E-state index contributed by atoms with van der Waals surface area (Å²) in [7, 11) is 0. The van der Waals surface area contributed by atoms with Crippen molar-refractivity contribution in [1.82, 2.24) is 10.2 Å². The fourth-order valence-electron chi connectivity index (χ4n) is 4.33. The maximum Gasteiger partial charge on any atom is 0.0207 e. The molecule has 0 aromatic heterocycles. The molecule has 0 aromatic carbocycles. The molecule has 0 bridgehead atoms. The molecule has 130 valence electrons. The van der Waals surface area contributed by atoms with Crippen LogP contribution in [0.15, 0.2) is 0 Å². The summed E-state index contributed by atoms with van der Waals surface area (Å²) in [6, 6.07) is 0. The molecule has 2 saturated heterocycles. The fraction of sp³-hybridized carbons (Fsp3) is 1.00. The Hall–Kier alpha value is -0.0800. The van der Waals surface area contributed by atoms with Crippen molar-refractivity contribution in [3.63, 3.8) is 0 Å². The molecule has 2 rings (SSSR count). The number of unbranched alkanes of at least 4 members (excludes halogenated alkanes) is 7. The van der Waals surface area contributed by atoms with Crippen LogP contribution in [0.25, 0.3) is 0 Å². The van der Waals surface area contributed by atoms with Gasteiger partial charge in [-0.1, -0.05) is 71.6 Å². The molecule has 0 aromatic rings. The molecule has 2 fully saturated rings. The van der Waals surface area contributed by atoms with Crippen LogP contribution in [0.2, 0.25) is 0 Å². The largest absolute Gasteiger partial charge is 0.315 e. The highest BCUT2D eigenvalue weighted by Gasteiger charge is 2.52. The number of nitrogens with one attached hydrogen (secondary N) is 1. The van der Waals surface area contributed by atoms with E-state index in [9.17, 15) is 0 Å². The molecule has 2 nitrogen and oxygen atoms in total. The molecule has 22 heavy (non-hydrogen) atoms. The molecule has 0 amide bonds. The molecule has 2 heteroatoms. The third-order valence-corrected chi connectivity index (χ3v) is 6.20. The van der Waals surface area contributed by atoms with Gasteiger partial charge in [-0.05, 0) is 19.8 Å². The van der Waals surface area contributed by atoms with Gasteiger partial charge < -0.3 is 5.32 Å². The van der Waals surface area contributed by atoms with Crippen LogP contribution in [0, 0.1) is 5.41 Å². The summed E-state index contributed by atoms with van der Waals surface area (Å²) < 4.78 is 0. The van der Waals surface area contributed by atoms with Crippen molar-refractivity contribution in [2.24, 2.45) is 5.41 Å². The lowest BCUT2D eigenvalue weighted by atomic mass is 9.70. The standard InChI is InChI=1S/C20H40N2/c1-4-6-8-10-12-14-19(3,13-11-9-7-5-2)22-17-20(18-22)15-21-16-20/h21H,4-18H2,1-3H3. The Balaban J connectivity index is 1.75. The highest BCUT2D eigenvalue weighted by molar-refractivity contribution is 5.08. The number of hydrogen-bond donors (Lipinski definition) is 1. The van der Waals surface area contributed by atoms with E-state index in [1.165, 1.54) is 96.8 Å². The lowest BCUT2D eigenvalue weighted by Gasteiger charge is -2.62. The maximum atomic E-state index is 3.48. The normalized spacial score (nSPS) is 23.0. The molecule has 2 aliphatic rings. The second kappa shape index (κ2) is 8.68. The predicted molar refractivity (Wildman–Crippen MR) is 97.4 cm³/mol. The zero-order valence-corrected chi connectivity index (χ0v) is 15.6. The minimum atomic E-state index is 0.487. The van der Waals surface area contributed by atoms with Crippen molar-refractivity contribution in [1.29, 1.82) is 0 Å². The first-order valence-corrected chi connectivity index (χ1v) is 10.1. The Morgan fingerprint density at radius 3 is 1.77 bits per heavy atom. The lowest BCUT2D eigenvalue weighted by Crippen LogP contribution is -2.74. The summed E-state index contributed by atoms with van der Waals surface area (Å²) in [4.78, 5) is 2.83. The van der Waals surface area contributed by atoms with Crippen molar-refractivity contribution >= 4 is 0 Å². The first kappa shape index (κ1) is 18.3. The van der Waals surface area contributed by atoms with E-state index in [0.29, 0.717) is 11.0 Å². The molecular formula is C20H40N2. The van der Waals surface area contributed by atoms with E-state index in [0.717, 1.165) is 0 Å². The molecule has 2 aliphatic heterocycles. The van der Waals surface area contributed by atoms with Gasteiger partial charge >= 0.3 is 0 Å². The van der Waals surface area contributed by atoms with Crippen LogP contribution in [-0.2, 0) is 0 Å². The Morgan fingerprint density at radius 2 is 1.32 bits per heavy atom. The van der Waals surface area contributed by atoms with E-state index >= 15 is 0 Å². The van der Waals surface area contributed by atoms with E-state index < -0.39 is 0 Å². The summed E-state index contributed by atoms with van der Waals surface area (Å²) in [5, 5.41) is 3.48. The third-order valence-electron chi connectivity index (χ3n) is 6.20. The van der Waals surface area contributed by atoms with Crippen LogP contribution in [0.1, 0.15) is 91.4 Å². The zero-order valence-electron chi connectivity index (χ0n) is 15.6. The van der Waals surface area contributed by atoms with Gasteiger partial charge in [0, 0.05) is 37.1 Å². The van der Waals surface area contributed by atoms with E-state index in [-0.39, 0.29) is 0 Å². The van der Waals surface area contributed by atoms with Crippen LogP contribution in [0.5, 0.6) is 0 Å². The predicted octanol–water partition coefficient (Wildman–Crippen LogP) is 4.98. The second-order valence-corrected chi connectivity index (χ2v) is 8.43. The van der Waals surface area contributed by atoms with Gasteiger partial charge in [0.15, 0.2) is 0 Å². The SMILES string of the molecule is CCCCCCCC(C)(CCCCCC)N1CC2(CNC2)C1. The van der Waals surface area contributed by atoms with Crippen molar-refractivity contribution in [2.45, 2.75) is 96.9 Å². The molecule has 1 atom stereocenters. The van der Waals surface area contributed by atoms with Crippen LogP contribution in [0.3, 0.4) is 0 Å². The Morgan fingerprint density at radius 1 is 0.818 bits per heavy atom. The zero-order chi connectivity index (χ0) is 15.9. The van der Waals surface area contributed by atoms with E-state index in [1.54, 1.807) is 0 Å². The molecular weight excluding hydrogens is 268 g/mol. The van der Waals surface area contributed by atoms with Gasteiger partial charge in [0.05, 0.1) is 0 Å². The summed E-state index contributed by atoms with van der Waals surface area (Å²) in [5.74, 6) is 0. The second-order valence-electron chi connectivity index (χ2n) is 8.43. The van der Waals surface area contributed by atoms with E-state index in [4.69, 9.17) is 0 Å². The van der Waals surface area contributed by atoms with Crippen molar-refractivity contribution in [3.8, 4) is 0 Å². The molecule has 1 unspecified atom stereocenters. The topological polar surface area (TPSA) is 15.3 Å². The first-order chi connectivity index (χ1) is 10.6. The van der Waals surface area contributed by atoms with E-state index in [1.807, 2.05) is 0 Å². The number of hydrogen-bond acceptors (Lipinski definition) is 2. The van der Waals surface area contributed by atoms with Gasteiger partial charge in [0.25, 0.3) is 0 Å². The molecule has 1 N–H and O–H groups in total. The number of rotatable bonds is 12. The first-order valence-electron chi connectivity index (χ1n) is 10.1. The highest BCUT2D eigenvalue weighted by atomic mass is 15.3. The van der Waals surface area contributed by atoms with Gasteiger partial charge in [-0.3, -0.25) is 4.90 Å². The Bertz CT molecular complexity index is 303. The van der Waals surface area contributed by atoms with Gasteiger partial charge in [0.1, 0.15) is 0 Å². The highest BCUT2D eigenvalue weighted by Crippen LogP contribution is 2.42. The van der Waals surface area contributed by atoms with Crippen molar-refractivity contribution in [3.05, 3.63) is 0 Å². The van der Waals surface area contributed by atoms with Crippen molar-refractivity contribution in [2.75, 3.05) is 26.2 Å². The lowest BCUT2D eigenvalue weighted by molar-refractivity contribution is -0.105. The Kier molecular flexibility index (Phi) is 7.21. The number of nitrogens with zero attached hydrogens (tertiary/aromatic N) is 1. The average molecular weight is 309 g/mol. The minimum Gasteiger partial charge on any atom is -0.315 e. The molecule has 0 radical (unpaired) electrons. The maximum absolute atomic E-state index is 3.48. The number of likely N-dealkylation sites (tertiary alicyclic amines) is 1. The van der Waals surface area contributed by atoms with Gasteiger partial charge in [0.2, 0.25) is 0 Å². The van der Waals surface area contributed by atoms with Gasteiger partial charge in [-0.25, -0.2) is 0 Å². The van der Waals surface area contributed by atoms with E-state index in [2.05, 4.69) is 31.0 Å². The monoisotopic (exact) mass is 308 g/mol. The molecule has 0 saturated carbocycles. The van der Waals surface area contributed by atoms with Crippen LogP contribution in [-0.4, -0.2) is 36.6 Å². The third kappa shape index (κ3) is 4.71. The summed E-state index contributed by atoms with van der Waals surface area (Å²) in [6.07, 6.45) is 15.6. The van der Waals surface area contributed by atoms with Crippen LogP contribution < -0.4 is 5.32 Å². The van der Waals surface area contributed by atoms with Crippen molar-refractivity contribution < 1.29 is 0 Å². The van der Waals surface area contributed by atoms with Gasteiger partial charge in [-0.2, -0.15) is 0 Å². The smallest absolute Gasteiger partial charge is 0.0207 e. The minimum absolute atomic E-state index is 0.487. The quantitative estimate of drug-likeness (QED) is 0.511. The average Bonchev–Trinajstić information content (AvgIpc) is 2.40.